The summed E-state index contributed by atoms with van der Waals surface area (Å²) in [6, 6.07) is 10.1. The van der Waals surface area contributed by atoms with E-state index in [0.29, 0.717) is 18.8 Å². The molecule has 0 aliphatic carbocycles. The number of piperidine rings is 1. The number of nitrogens with zero attached hydrogens (tertiary/aromatic N) is 4. The summed E-state index contributed by atoms with van der Waals surface area (Å²) in [7, 11) is 0. The molecule has 1 aliphatic rings. The molecule has 3 heterocycles. The zero-order chi connectivity index (χ0) is 23.5. The van der Waals surface area contributed by atoms with E-state index in [9.17, 15) is 19.1 Å². The van der Waals surface area contributed by atoms with Crippen molar-refractivity contribution in [3.05, 3.63) is 71.7 Å². The number of hydrogen-bond acceptors (Lipinski definition) is 7. The van der Waals surface area contributed by atoms with Crippen molar-refractivity contribution < 1.29 is 13.9 Å². The smallest absolute Gasteiger partial charge is 0.149 e. The van der Waals surface area contributed by atoms with E-state index in [0.717, 1.165) is 11.4 Å². The van der Waals surface area contributed by atoms with Gasteiger partial charge in [0.25, 0.3) is 0 Å². The van der Waals surface area contributed by atoms with Crippen LogP contribution in [0.25, 0.3) is 11.3 Å². The van der Waals surface area contributed by atoms with E-state index in [1.54, 1.807) is 12.4 Å². The zero-order valence-electron chi connectivity index (χ0n) is 18.0. The summed E-state index contributed by atoms with van der Waals surface area (Å²) in [5.41, 5.74) is 7.82. The number of aliphatic hydroxyl groups is 1. The van der Waals surface area contributed by atoms with Gasteiger partial charge in [-0.3, -0.25) is 4.98 Å². The maximum atomic E-state index is 14.5. The number of aromatic nitrogens is 2. The summed E-state index contributed by atoms with van der Waals surface area (Å²) in [5.74, 6) is -1.42. The minimum absolute atomic E-state index is 0.00573. The van der Waals surface area contributed by atoms with Crippen LogP contribution in [0, 0.1) is 28.9 Å². The SMILES string of the molecule is CC1CN(c2ccncc2NCc2ccc(F)c(-c3c(F)cccc3C#N)n2)CC(N)C1O. The van der Waals surface area contributed by atoms with E-state index >= 15 is 0 Å². The lowest BCUT2D eigenvalue weighted by molar-refractivity contribution is 0.0785. The van der Waals surface area contributed by atoms with Crippen LogP contribution < -0.4 is 16.0 Å². The van der Waals surface area contributed by atoms with Crippen molar-refractivity contribution in [3.63, 3.8) is 0 Å². The Balaban J connectivity index is 1.59. The van der Waals surface area contributed by atoms with Crippen LogP contribution in [0.5, 0.6) is 0 Å². The van der Waals surface area contributed by atoms with Crippen LogP contribution in [0.15, 0.2) is 48.8 Å². The number of benzene rings is 1. The maximum absolute atomic E-state index is 14.5. The van der Waals surface area contributed by atoms with Crippen LogP contribution >= 0.6 is 0 Å². The van der Waals surface area contributed by atoms with E-state index in [1.807, 2.05) is 19.1 Å². The number of aliphatic hydroxyl groups excluding tert-OH is 1. The second-order valence-electron chi connectivity index (χ2n) is 8.19. The molecular formula is C24H24F2N6O. The van der Waals surface area contributed by atoms with Gasteiger partial charge in [0.05, 0.1) is 53.1 Å². The molecule has 4 N–H and O–H groups in total. The monoisotopic (exact) mass is 450 g/mol. The number of pyridine rings is 2. The predicted octanol–water partition coefficient (Wildman–Crippen LogP) is 3.05. The first-order valence-electron chi connectivity index (χ1n) is 10.6. The van der Waals surface area contributed by atoms with Crippen molar-refractivity contribution in [3.8, 4) is 17.3 Å². The Bertz CT molecular complexity index is 1190. The van der Waals surface area contributed by atoms with Gasteiger partial charge in [0, 0.05) is 31.2 Å². The van der Waals surface area contributed by atoms with Gasteiger partial charge in [0.15, 0.2) is 0 Å². The summed E-state index contributed by atoms with van der Waals surface area (Å²) >= 11 is 0. The lowest BCUT2D eigenvalue weighted by Crippen LogP contribution is -2.55. The first kappa shape index (κ1) is 22.6. The highest BCUT2D eigenvalue weighted by molar-refractivity contribution is 5.70. The molecule has 1 aromatic carbocycles. The average Bonchev–Trinajstić information content (AvgIpc) is 2.82. The largest absolute Gasteiger partial charge is 0.391 e. The van der Waals surface area contributed by atoms with Crippen LogP contribution in [-0.4, -0.2) is 40.3 Å². The molecule has 3 atom stereocenters. The quantitative estimate of drug-likeness (QED) is 0.548. The van der Waals surface area contributed by atoms with E-state index < -0.39 is 17.7 Å². The second-order valence-corrected chi connectivity index (χ2v) is 8.19. The van der Waals surface area contributed by atoms with Gasteiger partial charge in [0.1, 0.15) is 17.3 Å². The van der Waals surface area contributed by atoms with E-state index in [2.05, 4.69) is 20.2 Å². The average molecular weight is 450 g/mol. The number of nitrogens with two attached hydrogens (primary N) is 1. The maximum Gasteiger partial charge on any atom is 0.149 e. The summed E-state index contributed by atoms with van der Waals surface area (Å²) in [6.07, 6.45) is 2.79. The van der Waals surface area contributed by atoms with Crippen LogP contribution in [0.4, 0.5) is 20.2 Å². The molecule has 9 heteroatoms. The molecule has 33 heavy (non-hydrogen) atoms. The third-order valence-electron chi connectivity index (χ3n) is 5.83. The lowest BCUT2D eigenvalue weighted by Gasteiger charge is -2.40. The normalized spacial score (nSPS) is 20.4. The Hall–Kier alpha value is -3.61. The van der Waals surface area contributed by atoms with Gasteiger partial charge in [0.2, 0.25) is 0 Å². The fraction of sp³-hybridized carbons (Fsp3) is 0.292. The van der Waals surface area contributed by atoms with Gasteiger partial charge in [-0.05, 0) is 30.3 Å². The Kier molecular flexibility index (Phi) is 6.49. The van der Waals surface area contributed by atoms with Gasteiger partial charge in [-0.1, -0.05) is 13.0 Å². The van der Waals surface area contributed by atoms with Crippen molar-refractivity contribution in [2.24, 2.45) is 11.7 Å². The molecule has 2 aromatic heterocycles. The van der Waals surface area contributed by atoms with Gasteiger partial charge >= 0.3 is 0 Å². The molecule has 0 spiro atoms. The van der Waals surface area contributed by atoms with Crippen LogP contribution in [0.1, 0.15) is 18.2 Å². The number of nitrogens with one attached hydrogen (secondary N) is 1. The minimum Gasteiger partial charge on any atom is -0.391 e. The Morgan fingerprint density at radius 2 is 2.03 bits per heavy atom. The molecular weight excluding hydrogens is 426 g/mol. The number of halogens is 2. The van der Waals surface area contributed by atoms with Crippen LogP contribution in [0.3, 0.4) is 0 Å². The Morgan fingerprint density at radius 1 is 1.21 bits per heavy atom. The van der Waals surface area contributed by atoms with Crippen molar-refractivity contribution in [1.82, 2.24) is 9.97 Å². The summed E-state index contributed by atoms with van der Waals surface area (Å²) in [6.45, 7) is 3.30. The molecule has 1 aliphatic heterocycles. The van der Waals surface area contributed by atoms with Crippen molar-refractivity contribution >= 4 is 11.4 Å². The molecule has 3 unspecified atom stereocenters. The molecule has 0 bridgehead atoms. The fourth-order valence-electron chi connectivity index (χ4n) is 4.11. The molecule has 170 valence electrons. The first-order valence-corrected chi connectivity index (χ1v) is 10.6. The van der Waals surface area contributed by atoms with E-state index in [1.165, 1.54) is 30.3 Å². The van der Waals surface area contributed by atoms with Crippen LogP contribution in [0.2, 0.25) is 0 Å². The first-order chi connectivity index (χ1) is 15.9. The lowest BCUT2D eigenvalue weighted by atomic mass is 9.92. The molecule has 0 radical (unpaired) electrons. The molecule has 3 aromatic rings. The molecule has 0 amide bonds. The van der Waals surface area contributed by atoms with Gasteiger partial charge < -0.3 is 21.1 Å². The van der Waals surface area contributed by atoms with Crippen molar-refractivity contribution in [1.29, 1.82) is 5.26 Å². The standard InChI is InChI=1S/C24H24F2N6O/c1-14-12-32(13-19(28)24(14)33)21-7-8-29-11-20(21)30-10-16-5-6-18(26)23(31-16)22-15(9-27)3-2-4-17(22)25/h2-8,11,14,19,24,30,33H,10,12-13,28H2,1H3. The number of rotatable bonds is 5. The second kappa shape index (κ2) is 9.48. The van der Waals surface area contributed by atoms with Gasteiger partial charge in [-0.25, -0.2) is 13.8 Å². The predicted molar refractivity (Wildman–Crippen MR) is 121 cm³/mol. The van der Waals surface area contributed by atoms with E-state index in [-0.39, 0.29) is 35.3 Å². The Morgan fingerprint density at radius 3 is 2.79 bits per heavy atom. The van der Waals surface area contributed by atoms with Crippen LogP contribution in [-0.2, 0) is 6.54 Å². The molecule has 0 saturated carbocycles. The van der Waals surface area contributed by atoms with Crippen molar-refractivity contribution in [2.45, 2.75) is 25.6 Å². The number of nitriles is 1. The van der Waals surface area contributed by atoms with Gasteiger partial charge in [-0.2, -0.15) is 5.26 Å². The molecule has 1 fully saturated rings. The van der Waals surface area contributed by atoms with E-state index in [4.69, 9.17) is 5.73 Å². The highest BCUT2D eigenvalue weighted by Crippen LogP contribution is 2.30. The minimum atomic E-state index is -0.711. The number of anilines is 2. The van der Waals surface area contributed by atoms with Crippen molar-refractivity contribution in [2.75, 3.05) is 23.3 Å². The zero-order valence-corrected chi connectivity index (χ0v) is 18.0. The topological polar surface area (TPSA) is 111 Å². The third kappa shape index (κ3) is 4.62. The Labute approximate surface area is 190 Å². The molecule has 1 saturated heterocycles. The highest BCUT2D eigenvalue weighted by Gasteiger charge is 2.31. The number of hydrogen-bond donors (Lipinski definition) is 3. The third-order valence-corrected chi connectivity index (χ3v) is 5.83. The summed E-state index contributed by atoms with van der Waals surface area (Å²) in [5, 5.41) is 22.7. The summed E-state index contributed by atoms with van der Waals surface area (Å²) in [4.78, 5) is 10.6. The fourth-order valence-corrected chi connectivity index (χ4v) is 4.11. The highest BCUT2D eigenvalue weighted by atomic mass is 19.1. The molecule has 4 rings (SSSR count). The van der Waals surface area contributed by atoms with Gasteiger partial charge in [-0.15, -0.1) is 0 Å². The summed E-state index contributed by atoms with van der Waals surface area (Å²) < 4.78 is 28.9. The molecule has 7 nitrogen and oxygen atoms in total.